The lowest BCUT2D eigenvalue weighted by Gasteiger charge is -2.13. The maximum absolute atomic E-state index is 6.08. The van der Waals surface area contributed by atoms with Gasteiger partial charge in [0.2, 0.25) is 0 Å². The van der Waals surface area contributed by atoms with Crippen molar-refractivity contribution < 1.29 is 0 Å². The van der Waals surface area contributed by atoms with Gasteiger partial charge in [-0.15, -0.1) is 0 Å². The maximum Gasteiger partial charge on any atom is 0.133 e. The highest BCUT2D eigenvalue weighted by Crippen LogP contribution is 2.26. The number of hydrogen-bond donors (Lipinski definition) is 1. The smallest absolute Gasteiger partial charge is 0.133 e. The normalized spacial score (nSPS) is 10.8. The Hall–Kier alpha value is -2.62. The lowest BCUT2D eigenvalue weighted by atomic mass is 10.1. The summed E-state index contributed by atoms with van der Waals surface area (Å²) in [5.41, 5.74) is 11.1. The summed E-state index contributed by atoms with van der Waals surface area (Å²) in [6, 6.07) is 12.2. The minimum absolute atomic E-state index is 0.524. The van der Waals surface area contributed by atoms with E-state index in [0.717, 1.165) is 33.4 Å². The van der Waals surface area contributed by atoms with E-state index in [-0.39, 0.29) is 0 Å². The number of aryl methyl sites for hydroxylation is 1. The van der Waals surface area contributed by atoms with Crippen LogP contribution in [-0.2, 0) is 0 Å². The van der Waals surface area contributed by atoms with Gasteiger partial charge in [-0.25, -0.2) is 4.98 Å². The molecular weight excluding hydrogens is 260 g/mol. The van der Waals surface area contributed by atoms with Crippen LogP contribution in [0.25, 0.3) is 22.2 Å². The monoisotopic (exact) mass is 278 g/mol. The molecule has 0 unspecified atom stereocenters. The SMILES string of the molecule is Cc1cnc2cc(-c3ccc(N(C)C)cc3)nc(N)c2c1. The largest absolute Gasteiger partial charge is 0.383 e. The molecule has 4 heteroatoms. The fourth-order valence-corrected chi connectivity index (χ4v) is 2.33. The molecule has 0 saturated carbocycles. The Balaban J connectivity index is 2.10. The van der Waals surface area contributed by atoms with E-state index in [0.29, 0.717) is 5.82 Å². The van der Waals surface area contributed by atoms with Crippen LogP contribution in [-0.4, -0.2) is 24.1 Å². The maximum atomic E-state index is 6.08. The Kier molecular flexibility index (Phi) is 3.22. The fraction of sp³-hybridized carbons (Fsp3) is 0.176. The molecule has 21 heavy (non-hydrogen) atoms. The van der Waals surface area contributed by atoms with Crippen molar-refractivity contribution in [2.24, 2.45) is 0 Å². The zero-order valence-electron chi connectivity index (χ0n) is 12.5. The van der Waals surface area contributed by atoms with Gasteiger partial charge < -0.3 is 10.6 Å². The highest BCUT2D eigenvalue weighted by Gasteiger charge is 2.07. The number of benzene rings is 1. The molecule has 2 N–H and O–H groups in total. The molecule has 0 aliphatic heterocycles. The van der Waals surface area contributed by atoms with Crippen LogP contribution in [0.3, 0.4) is 0 Å². The van der Waals surface area contributed by atoms with Crippen LogP contribution in [0.5, 0.6) is 0 Å². The third-order valence-corrected chi connectivity index (χ3v) is 3.52. The second-order valence-corrected chi connectivity index (χ2v) is 5.41. The van der Waals surface area contributed by atoms with Gasteiger partial charge in [-0.1, -0.05) is 12.1 Å². The minimum Gasteiger partial charge on any atom is -0.383 e. The Morgan fingerprint density at radius 2 is 1.76 bits per heavy atom. The summed E-state index contributed by atoms with van der Waals surface area (Å²) in [4.78, 5) is 11.0. The second kappa shape index (κ2) is 5.05. The number of pyridine rings is 2. The molecule has 0 spiro atoms. The average Bonchev–Trinajstić information content (AvgIpc) is 2.48. The van der Waals surface area contributed by atoms with Gasteiger partial charge in [0.05, 0.1) is 11.2 Å². The Labute approximate surface area is 124 Å². The van der Waals surface area contributed by atoms with E-state index >= 15 is 0 Å². The molecule has 2 heterocycles. The van der Waals surface area contributed by atoms with Crippen LogP contribution < -0.4 is 10.6 Å². The minimum atomic E-state index is 0.524. The summed E-state index contributed by atoms with van der Waals surface area (Å²) >= 11 is 0. The van der Waals surface area contributed by atoms with Crippen molar-refractivity contribution in [3.8, 4) is 11.3 Å². The standard InChI is InChI=1S/C17H18N4/c1-11-8-14-16(19-10-11)9-15(20-17(14)18)12-4-6-13(7-5-12)21(2)3/h4-10H,1-3H3,(H2,18,20). The number of hydrogen-bond acceptors (Lipinski definition) is 4. The molecule has 3 aromatic rings. The lowest BCUT2D eigenvalue weighted by molar-refractivity contribution is 1.13. The first kappa shape index (κ1) is 13.4. The molecule has 1 aromatic carbocycles. The number of nitrogen functional groups attached to an aromatic ring is 1. The van der Waals surface area contributed by atoms with Crippen molar-refractivity contribution in [3.05, 3.63) is 48.2 Å². The van der Waals surface area contributed by atoms with Gasteiger partial charge in [-0.3, -0.25) is 4.98 Å². The van der Waals surface area contributed by atoms with E-state index in [1.165, 1.54) is 0 Å². The number of aromatic nitrogens is 2. The number of rotatable bonds is 2. The molecule has 0 atom stereocenters. The van der Waals surface area contributed by atoms with Gasteiger partial charge in [0.15, 0.2) is 0 Å². The van der Waals surface area contributed by atoms with Crippen LogP contribution in [0.1, 0.15) is 5.56 Å². The molecule has 3 rings (SSSR count). The Bertz CT molecular complexity index is 792. The predicted molar refractivity (Wildman–Crippen MR) is 88.5 cm³/mol. The number of nitrogens with two attached hydrogens (primary N) is 1. The first-order valence-corrected chi connectivity index (χ1v) is 6.85. The van der Waals surface area contributed by atoms with Gasteiger partial charge in [0.25, 0.3) is 0 Å². The van der Waals surface area contributed by atoms with Crippen LogP contribution >= 0.6 is 0 Å². The average molecular weight is 278 g/mol. The van der Waals surface area contributed by atoms with E-state index in [1.54, 1.807) is 0 Å². The molecule has 0 aliphatic carbocycles. The second-order valence-electron chi connectivity index (χ2n) is 5.41. The van der Waals surface area contributed by atoms with Crippen LogP contribution in [0, 0.1) is 6.92 Å². The van der Waals surface area contributed by atoms with E-state index in [9.17, 15) is 0 Å². The van der Waals surface area contributed by atoms with Crippen molar-refractivity contribution in [2.45, 2.75) is 6.92 Å². The van der Waals surface area contributed by atoms with Crippen LogP contribution in [0.15, 0.2) is 42.6 Å². The van der Waals surface area contributed by atoms with Gasteiger partial charge >= 0.3 is 0 Å². The summed E-state index contributed by atoms with van der Waals surface area (Å²) in [5, 5.41) is 0.906. The highest BCUT2D eigenvalue weighted by molar-refractivity contribution is 5.91. The lowest BCUT2D eigenvalue weighted by Crippen LogP contribution is -2.08. The summed E-state index contributed by atoms with van der Waals surface area (Å²) in [5.74, 6) is 0.524. The van der Waals surface area contributed by atoms with Crippen LogP contribution in [0.4, 0.5) is 11.5 Å². The van der Waals surface area contributed by atoms with E-state index in [1.807, 2.05) is 39.3 Å². The third kappa shape index (κ3) is 2.52. The van der Waals surface area contributed by atoms with Crippen molar-refractivity contribution in [1.82, 2.24) is 9.97 Å². The molecular formula is C17H18N4. The molecule has 0 amide bonds. The summed E-state index contributed by atoms with van der Waals surface area (Å²) in [6.45, 7) is 2.00. The summed E-state index contributed by atoms with van der Waals surface area (Å²) in [6.07, 6.45) is 1.85. The molecule has 106 valence electrons. The summed E-state index contributed by atoms with van der Waals surface area (Å²) in [7, 11) is 4.04. The number of fused-ring (bicyclic) bond motifs is 1. The first-order valence-electron chi connectivity index (χ1n) is 6.85. The zero-order valence-corrected chi connectivity index (χ0v) is 12.5. The topological polar surface area (TPSA) is 55.0 Å². The van der Waals surface area contributed by atoms with E-state index in [4.69, 9.17) is 5.73 Å². The van der Waals surface area contributed by atoms with Crippen molar-refractivity contribution in [2.75, 3.05) is 24.7 Å². The van der Waals surface area contributed by atoms with Crippen molar-refractivity contribution in [3.63, 3.8) is 0 Å². The molecule has 0 saturated heterocycles. The molecule has 4 nitrogen and oxygen atoms in total. The van der Waals surface area contributed by atoms with Crippen molar-refractivity contribution >= 4 is 22.4 Å². The highest BCUT2D eigenvalue weighted by atomic mass is 15.1. The predicted octanol–water partition coefficient (Wildman–Crippen LogP) is 3.25. The Morgan fingerprint density at radius 3 is 2.43 bits per heavy atom. The quantitative estimate of drug-likeness (QED) is 0.781. The van der Waals surface area contributed by atoms with Crippen LogP contribution in [0.2, 0.25) is 0 Å². The van der Waals surface area contributed by atoms with Gasteiger partial charge in [-0.2, -0.15) is 0 Å². The third-order valence-electron chi connectivity index (χ3n) is 3.52. The fourth-order valence-electron chi connectivity index (χ4n) is 2.33. The molecule has 0 radical (unpaired) electrons. The molecule has 0 bridgehead atoms. The van der Waals surface area contributed by atoms with Gasteiger partial charge in [0, 0.05) is 36.9 Å². The number of anilines is 2. The molecule has 2 aromatic heterocycles. The summed E-state index contributed by atoms with van der Waals surface area (Å²) < 4.78 is 0. The van der Waals surface area contributed by atoms with E-state index < -0.39 is 0 Å². The Morgan fingerprint density at radius 1 is 1.05 bits per heavy atom. The van der Waals surface area contributed by atoms with E-state index in [2.05, 4.69) is 39.1 Å². The molecule has 0 aliphatic rings. The number of nitrogens with zero attached hydrogens (tertiary/aromatic N) is 3. The van der Waals surface area contributed by atoms with Crippen molar-refractivity contribution in [1.29, 1.82) is 0 Å². The zero-order chi connectivity index (χ0) is 15.0. The van der Waals surface area contributed by atoms with Gasteiger partial charge in [0.1, 0.15) is 5.82 Å². The first-order chi connectivity index (χ1) is 10.0. The molecule has 0 fully saturated rings. The van der Waals surface area contributed by atoms with Gasteiger partial charge in [-0.05, 0) is 36.8 Å².